The summed E-state index contributed by atoms with van der Waals surface area (Å²) >= 11 is 0. The van der Waals surface area contributed by atoms with Crippen molar-refractivity contribution in [2.45, 2.75) is 71.4 Å². The third kappa shape index (κ3) is 4.74. The number of primary amides is 1. The lowest BCUT2D eigenvalue weighted by Gasteiger charge is -2.39. The summed E-state index contributed by atoms with van der Waals surface area (Å²) < 4.78 is 0. The Kier molecular flexibility index (Phi) is 6.96. The maximum Gasteiger partial charge on any atom is 0.237 e. The van der Waals surface area contributed by atoms with Crippen molar-refractivity contribution >= 4 is 5.91 Å². The molecule has 4 nitrogen and oxygen atoms in total. The molecule has 0 aliphatic heterocycles. The van der Waals surface area contributed by atoms with E-state index in [1.807, 2.05) is 6.92 Å². The van der Waals surface area contributed by atoms with E-state index in [1.54, 1.807) is 0 Å². The molecular weight excluding hydrogens is 250 g/mol. The van der Waals surface area contributed by atoms with Crippen molar-refractivity contribution < 1.29 is 4.79 Å². The van der Waals surface area contributed by atoms with E-state index in [0.29, 0.717) is 6.04 Å². The topological polar surface area (TPSA) is 58.4 Å². The Labute approximate surface area is 124 Å². The van der Waals surface area contributed by atoms with Crippen LogP contribution < -0.4 is 11.1 Å². The van der Waals surface area contributed by atoms with Crippen LogP contribution in [0.1, 0.15) is 59.8 Å². The number of rotatable bonds is 10. The molecule has 118 valence electrons. The standard InChI is InChI=1S/C16H33N3O/c1-5-10-18-16(4,15(17)20)11-13(3)19(6-2)12-14-8-7-9-14/h13-14,18H,5-12H2,1-4H3,(H2,17,20). The molecule has 0 aromatic rings. The second-order valence-corrected chi connectivity index (χ2v) is 6.56. The fourth-order valence-electron chi connectivity index (χ4n) is 3.01. The van der Waals surface area contributed by atoms with Crippen LogP contribution in [0.15, 0.2) is 0 Å². The zero-order valence-corrected chi connectivity index (χ0v) is 13.7. The summed E-state index contributed by atoms with van der Waals surface area (Å²) in [6.07, 6.45) is 5.90. The van der Waals surface area contributed by atoms with Crippen molar-refractivity contribution in [2.24, 2.45) is 11.7 Å². The Morgan fingerprint density at radius 2 is 2.10 bits per heavy atom. The van der Waals surface area contributed by atoms with Crippen molar-refractivity contribution in [3.05, 3.63) is 0 Å². The van der Waals surface area contributed by atoms with Gasteiger partial charge in [-0.3, -0.25) is 4.79 Å². The molecule has 0 spiro atoms. The highest BCUT2D eigenvalue weighted by Gasteiger charge is 2.34. The molecule has 1 aliphatic rings. The minimum atomic E-state index is -0.595. The van der Waals surface area contributed by atoms with Crippen molar-refractivity contribution in [1.82, 2.24) is 10.2 Å². The molecule has 20 heavy (non-hydrogen) atoms. The molecule has 0 heterocycles. The second-order valence-electron chi connectivity index (χ2n) is 6.56. The lowest BCUT2D eigenvalue weighted by Crippen LogP contribution is -2.56. The first kappa shape index (κ1) is 17.4. The fourth-order valence-corrected chi connectivity index (χ4v) is 3.01. The maximum atomic E-state index is 11.8. The largest absolute Gasteiger partial charge is 0.368 e. The first-order valence-electron chi connectivity index (χ1n) is 8.22. The molecule has 0 aromatic heterocycles. The number of carbonyl (C=O) groups excluding carboxylic acids is 1. The summed E-state index contributed by atoms with van der Waals surface area (Å²) in [4.78, 5) is 14.3. The van der Waals surface area contributed by atoms with Crippen LogP contribution in [-0.4, -0.2) is 42.0 Å². The maximum absolute atomic E-state index is 11.8. The van der Waals surface area contributed by atoms with Gasteiger partial charge in [-0.1, -0.05) is 20.3 Å². The quantitative estimate of drug-likeness (QED) is 0.646. The third-order valence-electron chi connectivity index (χ3n) is 4.76. The second kappa shape index (κ2) is 7.99. The van der Waals surface area contributed by atoms with Gasteiger partial charge in [-0.15, -0.1) is 0 Å². The number of nitrogens with one attached hydrogen (secondary N) is 1. The monoisotopic (exact) mass is 283 g/mol. The number of carbonyl (C=O) groups is 1. The van der Waals surface area contributed by atoms with E-state index in [4.69, 9.17) is 5.73 Å². The van der Waals surface area contributed by atoms with E-state index in [9.17, 15) is 4.79 Å². The summed E-state index contributed by atoms with van der Waals surface area (Å²) in [5.74, 6) is 0.623. The van der Waals surface area contributed by atoms with E-state index in [2.05, 4.69) is 31.0 Å². The Balaban J connectivity index is 2.57. The molecule has 1 aliphatic carbocycles. The van der Waals surface area contributed by atoms with Crippen molar-refractivity contribution in [2.75, 3.05) is 19.6 Å². The first-order chi connectivity index (χ1) is 9.42. The van der Waals surface area contributed by atoms with Gasteiger partial charge in [0.05, 0.1) is 5.54 Å². The number of amides is 1. The van der Waals surface area contributed by atoms with Gasteiger partial charge in [-0.2, -0.15) is 0 Å². The molecule has 2 unspecified atom stereocenters. The van der Waals surface area contributed by atoms with Gasteiger partial charge < -0.3 is 16.0 Å². The highest BCUT2D eigenvalue weighted by atomic mass is 16.1. The van der Waals surface area contributed by atoms with Crippen LogP contribution in [0.2, 0.25) is 0 Å². The molecule has 1 fully saturated rings. The van der Waals surface area contributed by atoms with Gasteiger partial charge in [0.25, 0.3) is 0 Å². The smallest absolute Gasteiger partial charge is 0.237 e. The SMILES string of the molecule is CCCNC(C)(CC(C)N(CC)CC1CCC1)C(N)=O. The highest BCUT2D eigenvalue weighted by Crippen LogP contribution is 2.28. The summed E-state index contributed by atoms with van der Waals surface area (Å²) in [7, 11) is 0. The lowest BCUT2D eigenvalue weighted by molar-refractivity contribution is -0.124. The van der Waals surface area contributed by atoms with Gasteiger partial charge in [0, 0.05) is 12.6 Å². The van der Waals surface area contributed by atoms with Crippen LogP contribution in [-0.2, 0) is 4.79 Å². The van der Waals surface area contributed by atoms with Crippen molar-refractivity contribution in [3.63, 3.8) is 0 Å². The molecule has 0 saturated heterocycles. The molecule has 1 saturated carbocycles. The summed E-state index contributed by atoms with van der Waals surface area (Å²) in [6.45, 7) is 11.5. The zero-order valence-electron chi connectivity index (χ0n) is 13.7. The predicted molar refractivity (Wildman–Crippen MR) is 84.6 cm³/mol. The van der Waals surface area contributed by atoms with Crippen LogP contribution in [0, 0.1) is 5.92 Å². The predicted octanol–water partition coefficient (Wildman–Crippen LogP) is 2.13. The molecule has 1 rings (SSSR count). The van der Waals surface area contributed by atoms with Gasteiger partial charge >= 0.3 is 0 Å². The number of hydrogen-bond donors (Lipinski definition) is 2. The Morgan fingerprint density at radius 3 is 2.50 bits per heavy atom. The van der Waals surface area contributed by atoms with E-state index >= 15 is 0 Å². The van der Waals surface area contributed by atoms with Crippen molar-refractivity contribution in [1.29, 1.82) is 0 Å². The Morgan fingerprint density at radius 1 is 1.45 bits per heavy atom. The average molecular weight is 283 g/mol. The van der Waals surface area contributed by atoms with Gasteiger partial charge in [-0.05, 0) is 58.5 Å². The van der Waals surface area contributed by atoms with Gasteiger partial charge in [0.15, 0.2) is 0 Å². The molecule has 0 radical (unpaired) electrons. The zero-order chi connectivity index (χ0) is 15.2. The highest BCUT2D eigenvalue weighted by molar-refractivity contribution is 5.84. The molecule has 0 aromatic carbocycles. The van der Waals surface area contributed by atoms with E-state index < -0.39 is 5.54 Å². The van der Waals surface area contributed by atoms with Crippen LogP contribution in [0.25, 0.3) is 0 Å². The van der Waals surface area contributed by atoms with Gasteiger partial charge in [-0.25, -0.2) is 0 Å². The average Bonchev–Trinajstić information content (AvgIpc) is 2.34. The summed E-state index contributed by atoms with van der Waals surface area (Å²) in [6, 6.07) is 0.377. The molecule has 4 heteroatoms. The number of nitrogens with two attached hydrogens (primary N) is 1. The Bertz CT molecular complexity index is 304. The van der Waals surface area contributed by atoms with Crippen LogP contribution in [0.5, 0.6) is 0 Å². The first-order valence-corrected chi connectivity index (χ1v) is 8.22. The van der Waals surface area contributed by atoms with Gasteiger partial charge in [0.1, 0.15) is 0 Å². The number of nitrogens with zero attached hydrogens (tertiary/aromatic N) is 1. The normalized spacial score (nSPS) is 20.4. The van der Waals surface area contributed by atoms with E-state index in [1.165, 1.54) is 25.8 Å². The minimum absolute atomic E-state index is 0.238. The van der Waals surface area contributed by atoms with Crippen LogP contribution in [0.3, 0.4) is 0 Å². The summed E-state index contributed by atoms with van der Waals surface area (Å²) in [5.41, 5.74) is 5.03. The van der Waals surface area contributed by atoms with Gasteiger partial charge in [0.2, 0.25) is 5.91 Å². The van der Waals surface area contributed by atoms with Crippen LogP contribution in [0.4, 0.5) is 0 Å². The molecule has 3 N–H and O–H groups in total. The van der Waals surface area contributed by atoms with Crippen LogP contribution >= 0.6 is 0 Å². The molecule has 1 amide bonds. The molecule has 0 bridgehead atoms. The third-order valence-corrected chi connectivity index (χ3v) is 4.76. The fraction of sp³-hybridized carbons (Fsp3) is 0.938. The molecular formula is C16H33N3O. The van der Waals surface area contributed by atoms with Crippen molar-refractivity contribution in [3.8, 4) is 0 Å². The van der Waals surface area contributed by atoms with E-state index in [0.717, 1.165) is 31.8 Å². The summed E-state index contributed by atoms with van der Waals surface area (Å²) in [5, 5.41) is 3.34. The Hall–Kier alpha value is -0.610. The molecule has 2 atom stereocenters. The number of hydrogen-bond acceptors (Lipinski definition) is 3. The van der Waals surface area contributed by atoms with E-state index in [-0.39, 0.29) is 5.91 Å². The minimum Gasteiger partial charge on any atom is -0.368 e. The lowest BCUT2D eigenvalue weighted by atomic mass is 9.84.